The second kappa shape index (κ2) is 5.47. The monoisotopic (exact) mass is 261 g/mol. The largest absolute Gasteiger partial charge is 0.478 e. The highest BCUT2D eigenvalue weighted by molar-refractivity contribution is 5.88. The number of rotatable bonds is 5. The van der Waals surface area contributed by atoms with Crippen molar-refractivity contribution in [3.05, 3.63) is 35.5 Å². The molecular weight excluding hydrogens is 246 g/mol. The Kier molecular flexibility index (Phi) is 3.74. The van der Waals surface area contributed by atoms with Crippen LogP contribution in [0, 0.1) is 0 Å². The molecule has 0 unspecified atom stereocenters. The van der Waals surface area contributed by atoms with Crippen molar-refractivity contribution in [1.82, 2.24) is 19.7 Å². The van der Waals surface area contributed by atoms with Crippen molar-refractivity contribution in [2.45, 2.75) is 19.9 Å². The molecule has 0 bridgehead atoms. The van der Waals surface area contributed by atoms with Gasteiger partial charge < -0.3 is 15.0 Å². The number of aryl methyl sites for hydroxylation is 2. The fourth-order valence-corrected chi connectivity index (χ4v) is 1.62. The van der Waals surface area contributed by atoms with Gasteiger partial charge in [0.1, 0.15) is 12.1 Å². The van der Waals surface area contributed by atoms with Crippen LogP contribution in [0.5, 0.6) is 0 Å². The van der Waals surface area contributed by atoms with Crippen LogP contribution >= 0.6 is 0 Å². The van der Waals surface area contributed by atoms with E-state index < -0.39 is 5.97 Å². The zero-order valence-corrected chi connectivity index (χ0v) is 10.8. The standard InChI is InChI=1S/C12H15N5O2/c1-3-9-4-8(12(18)19)5-10(15-9)13-6-11-16-14-7-17(11)2/h4-5,7H,3,6H2,1-2H3,(H,13,15)(H,18,19). The van der Waals surface area contributed by atoms with Gasteiger partial charge in [-0.05, 0) is 18.6 Å². The molecular formula is C12H15N5O2. The van der Waals surface area contributed by atoms with Gasteiger partial charge in [-0.15, -0.1) is 10.2 Å². The van der Waals surface area contributed by atoms with E-state index in [0.717, 1.165) is 11.5 Å². The lowest BCUT2D eigenvalue weighted by Crippen LogP contribution is -2.09. The first-order valence-corrected chi connectivity index (χ1v) is 5.91. The molecule has 19 heavy (non-hydrogen) atoms. The van der Waals surface area contributed by atoms with E-state index in [1.807, 2.05) is 14.0 Å². The summed E-state index contributed by atoms with van der Waals surface area (Å²) in [6, 6.07) is 3.09. The molecule has 0 aromatic carbocycles. The maximum atomic E-state index is 11.0. The molecule has 0 spiro atoms. The summed E-state index contributed by atoms with van der Waals surface area (Å²) in [4.78, 5) is 15.4. The van der Waals surface area contributed by atoms with Gasteiger partial charge in [-0.1, -0.05) is 6.92 Å². The summed E-state index contributed by atoms with van der Waals surface area (Å²) in [7, 11) is 1.84. The van der Waals surface area contributed by atoms with E-state index in [2.05, 4.69) is 20.5 Å². The van der Waals surface area contributed by atoms with E-state index in [1.54, 1.807) is 17.0 Å². The number of nitrogens with zero attached hydrogens (tertiary/aromatic N) is 4. The number of nitrogens with one attached hydrogen (secondary N) is 1. The predicted octanol–water partition coefficient (Wildman–Crippen LogP) is 1.08. The first kappa shape index (κ1) is 13.0. The van der Waals surface area contributed by atoms with Crippen molar-refractivity contribution >= 4 is 11.8 Å². The van der Waals surface area contributed by atoms with Crippen LogP contribution in [0.1, 0.15) is 28.8 Å². The minimum absolute atomic E-state index is 0.229. The Hall–Kier alpha value is -2.44. The summed E-state index contributed by atoms with van der Waals surface area (Å²) >= 11 is 0. The quantitative estimate of drug-likeness (QED) is 0.836. The summed E-state index contributed by atoms with van der Waals surface area (Å²) in [5, 5.41) is 19.8. The SMILES string of the molecule is CCc1cc(C(=O)O)cc(NCc2nncn2C)n1. The molecule has 0 amide bonds. The minimum atomic E-state index is -0.959. The Balaban J connectivity index is 2.17. The number of carboxylic acid groups (broad SMARTS) is 1. The Morgan fingerprint density at radius 3 is 2.84 bits per heavy atom. The number of carbonyl (C=O) groups is 1. The van der Waals surface area contributed by atoms with Gasteiger partial charge in [0.05, 0.1) is 12.1 Å². The molecule has 0 saturated carbocycles. The summed E-state index contributed by atoms with van der Waals surface area (Å²) in [6.45, 7) is 2.37. The Labute approximate surface area is 110 Å². The van der Waals surface area contributed by atoms with E-state index in [4.69, 9.17) is 5.11 Å². The molecule has 0 fully saturated rings. The van der Waals surface area contributed by atoms with Gasteiger partial charge in [-0.3, -0.25) is 0 Å². The first-order chi connectivity index (χ1) is 9.10. The predicted molar refractivity (Wildman–Crippen MR) is 68.9 cm³/mol. The van der Waals surface area contributed by atoms with Crippen LogP contribution in [-0.2, 0) is 20.0 Å². The third-order valence-corrected chi connectivity index (χ3v) is 2.72. The average molecular weight is 261 g/mol. The molecule has 100 valence electrons. The van der Waals surface area contributed by atoms with E-state index in [0.29, 0.717) is 18.8 Å². The van der Waals surface area contributed by atoms with Gasteiger partial charge in [-0.25, -0.2) is 9.78 Å². The van der Waals surface area contributed by atoms with Crippen LogP contribution < -0.4 is 5.32 Å². The maximum Gasteiger partial charge on any atom is 0.335 e. The van der Waals surface area contributed by atoms with Crippen molar-refractivity contribution in [3.63, 3.8) is 0 Å². The molecule has 2 N–H and O–H groups in total. The smallest absolute Gasteiger partial charge is 0.335 e. The van der Waals surface area contributed by atoms with E-state index in [1.165, 1.54) is 6.07 Å². The summed E-state index contributed by atoms with van der Waals surface area (Å²) in [5.41, 5.74) is 0.965. The first-order valence-electron chi connectivity index (χ1n) is 5.91. The van der Waals surface area contributed by atoms with Gasteiger partial charge >= 0.3 is 5.97 Å². The molecule has 0 radical (unpaired) electrons. The number of hydrogen-bond donors (Lipinski definition) is 2. The van der Waals surface area contributed by atoms with Crippen molar-refractivity contribution in [2.24, 2.45) is 7.05 Å². The fourth-order valence-electron chi connectivity index (χ4n) is 1.62. The number of hydrogen-bond acceptors (Lipinski definition) is 5. The molecule has 2 heterocycles. The Bertz CT molecular complexity index is 594. The number of carboxylic acids is 1. The van der Waals surface area contributed by atoms with E-state index in [9.17, 15) is 4.79 Å². The topological polar surface area (TPSA) is 92.9 Å². The molecule has 0 saturated heterocycles. The lowest BCUT2D eigenvalue weighted by molar-refractivity contribution is 0.0696. The third kappa shape index (κ3) is 3.06. The number of pyridine rings is 1. The van der Waals surface area contributed by atoms with Crippen LogP contribution in [-0.4, -0.2) is 30.8 Å². The molecule has 2 aromatic rings. The number of anilines is 1. The molecule has 7 heteroatoms. The van der Waals surface area contributed by atoms with Crippen molar-refractivity contribution in [1.29, 1.82) is 0 Å². The Morgan fingerprint density at radius 1 is 1.47 bits per heavy atom. The van der Waals surface area contributed by atoms with Crippen LogP contribution in [0.15, 0.2) is 18.5 Å². The molecule has 0 aliphatic rings. The second-order valence-electron chi connectivity index (χ2n) is 4.10. The van der Waals surface area contributed by atoms with Crippen LogP contribution in [0.3, 0.4) is 0 Å². The highest BCUT2D eigenvalue weighted by Gasteiger charge is 2.08. The van der Waals surface area contributed by atoms with Crippen LogP contribution in [0.2, 0.25) is 0 Å². The van der Waals surface area contributed by atoms with Crippen LogP contribution in [0.4, 0.5) is 5.82 Å². The van der Waals surface area contributed by atoms with E-state index in [-0.39, 0.29) is 5.56 Å². The fraction of sp³-hybridized carbons (Fsp3) is 0.333. The zero-order valence-electron chi connectivity index (χ0n) is 10.8. The van der Waals surface area contributed by atoms with Gasteiger partial charge in [0.25, 0.3) is 0 Å². The summed E-state index contributed by atoms with van der Waals surface area (Å²) < 4.78 is 1.79. The highest BCUT2D eigenvalue weighted by atomic mass is 16.4. The maximum absolute atomic E-state index is 11.0. The van der Waals surface area contributed by atoms with Gasteiger partial charge in [0, 0.05) is 12.7 Å². The highest BCUT2D eigenvalue weighted by Crippen LogP contribution is 2.12. The van der Waals surface area contributed by atoms with Crippen LogP contribution in [0.25, 0.3) is 0 Å². The molecule has 2 aromatic heterocycles. The normalized spacial score (nSPS) is 10.4. The van der Waals surface area contributed by atoms with Gasteiger partial charge in [0.15, 0.2) is 5.82 Å². The Morgan fingerprint density at radius 2 is 2.26 bits per heavy atom. The lowest BCUT2D eigenvalue weighted by atomic mass is 10.2. The third-order valence-electron chi connectivity index (χ3n) is 2.72. The summed E-state index contributed by atoms with van der Waals surface area (Å²) in [5.74, 6) is 0.319. The molecule has 7 nitrogen and oxygen atoms in total. The molecule has 2 rings (SSSR count). The van der Waals surface area contributed by atoms with Gasteiger partial charge in [0.2, 0.25) is 0 Å². The zero-order chi connectivity index (χ0) is 13.8. The average Bonchev–Trinajstić information content (AvgIpc) is 2.81. The second-order valence-corrected chi connectivity index (χ2v) is 4.10. The van der Waals surface area contributed by atoms with Crippen molar-refractivity contribution in [3.8, 4) is 0 Å². The molecule has 0 aliphatic carbocycles. The van der Waals surface area contributed by atoms with Crippen molar-refractivity contribution < 1.29 is 9.90 Å². The van der Waals surface area contributed by atoms with E-state index >= 15 is 0 Å². The lowest BCUT2D eigenvalue weighted by Gasteiger charge is -2.08. The minimum Gasteiger partial charge on any atom is -0.478 e. The molecule has 0 aliphatic heterocycles. The number of aromatic carboxylic acids is 1. The van der Waals surface area contributed by atoms with Crippen molar-refractivity contribution in [2.75, 3.05) is 5.32 Å². The summed E-state index contributed by atoms with van der Waals surface area (Å²) in [6.07, 6.45) is 2.29. The number of aromatic nitrogens is 4. The van der Waals surface area contributed by atoms with Gasteiger partial charge in [-0.2, -0.15) is 0 Å². The molecule has 0 atom stereocenters.